The lowest BCUT2D eigenvalue weighted by atomic mass is 10.3. The van der Waals surface area contributed by atoms with E-state index in [-0.39, 0.29) is 24.2 Å². The molecule has 1 fully saturated rings. The van der Waals surface area contributed by atoms with Crippen molar-refractivity contribution in [1.29, 1.82) is 0 Å². The summed E-state index contributed by atoms with van der Waals surface area (Å²) in [5.74, 6) is 0.724. The van der Waals surface area contributed by atoms with E-state index < -0.39 is 9.84 Å². The van der Waals surface area contributed by atoms with Crippen LogP contribution in [0.5, 0.6) is 0 Å². The summed E-state index contributed by atoms with van der Waals surface area (Å²) in [6.07, 6.45) is 3.86. The number of hydrogen-bond acceptors (Lipinski definition) is 4. The molecule has 0 radical (unpaired) electrons. The number of carbonyl (C=O) groups is 1. The van der Waals surface area contributed by atoms with Crippen LogP contribution in [0.1, 0.15) is 33.1 Å². The lowest BCUT2D eigenvalue weighted by Crippen LogP contribution is -2.43. The summed E-state index contributed by atoms with van der Waals surface area (Å²) in [6.45, 7) is 6.30. The molecular formula is C14H28N4O3S. The van der Waals surface area contributed by atoms with Crippen LogP contribution in [-0.2, 0) is 14.6 Å². The van der Waals surface area contributed by atoms with Crippen LogP contribution in [0.25, 0.3) is 0 Å². The molecule has 0 aromatic carbocycles. The molecule has 8 heteroatoms. The molecule has 0 spiro atoms. The Morgan fingerprint density at radius 1 is 1.32 bits per heavy atom. The zero-order chi connectivity index (χ0) is 16.6. The molecule has 0 bridgehead atoms. The quantitative estimate of drug-likeness (QED) is 0.505. The van der Waals surface area contributed by atoms with E-state index >= 15 is 0 Å². The number of nitrogens with zero attached hydrogens (tertiary/aromatic N) is 2. The molecular weight excluding hydrogens is 304 g/mol. The minimum absolute atomic E-state index is 0.0330. The molecule has 0 aromatic rings. The Balaban J connectivity index is 2.48. The van der Waals surface area contributed by atoms with E-state index in [0.717, 1.165) is 25.9 Å². The molecule has 1 rings (SSSR count). The first-order chi connectivity index (χ1) is 10.3. The fourth-order valence-electron chi connectivity index (χ4n) is 2.23. The minimum atomic E-state index is -2.97. The van der Waals surface area contributed by atoms with E-state index in [1.54, 1.807) is 0 Å². The maximum atomic E-state index is 12.0. The number of carbonyl (C=O) groups excluding carboxylic acids is 1. The summed E-state index contributed by atoms with van der Waals surface area (Å²) >= 11 is 0. The van der Waals surface area contributed by atoms with Crippen molar-refractivity contribution < 1.29 is 13.2 Å². The van der Waals surface area contributed by atoms with Crippen LogP contribution in [0.15, 0.2) is 4.99 Å². The van der Waals surface area contributed by atoms with Crippen molar-refractivity contribution in [2.75, 3.05) is 38.2 Å². The largest absolute Gasteiger partial charge is 0.357 e. The SMILES string of the molecule is CCNC(=NCC(=O)N1CCCC1)NC(C)CCS(C)(=O)=O. The number of hydrogen-bond donors (Lipinski definition) is 2. The van der Waals surface area contributed by atoms with E-state index in [1.807, 2.05) is 18.7 Å². The normalized spacial score (nSPS) is 17.4. The van der Waals surface area contributed by atoms with Crippen molar-refractivity contribution in [2.45, 2.75) is 39.2 Å². The molecule has 1 aliphatic rings. The molecule has 2 N–H and O–H groups in total. The van der Waals surface area contributed by atoms with Crippen LogP contribution in [0.3, 0.4) is 0 Å². The third kappa shape index (κ3) is 7.63. The van der Waals surface area contributed by atoms with Crippen molar-refractivity contribution in [3.05, 3.63) is 0 Å². The van der Waals surface area contributed by atoms with Gasteiger partial charge in [0.05, 0.1) is 5.75 Å². The Kier molecular flexibility index (Phi) is 7.64. The zero-order valence-corrected chi connectivity index (χ0v) is 14.6. The molecule has 1 saturated heterocycles. The molecule has 1 aliphatic heterocycles. The lowest BCUT2D eigenvalue weighted by molar-refractivity contribution is -0.128. The number of likely N-dealkylation sites (tertiary alicyclic amines) is 1. The van der Waals surface area contributed by atoms with Crippen molar-refractivity contribution >= 4 is 21.7 Å². The van der Waals surface area contributed by atoms with Gasteiger partial charge in [-0.05, 0) is 33.1 Å². The maximum absolute atomic E-state index is 12.0. The second kappa shape index (κ2) is 8.97. The van der Waals surface area contributed by atoms with Crippen molar-refractivity contribution in [2.24, 2.45) is 4.99 Å². The Labute approximate surface area is 133 Å². The number of rotatable bonds is 7. The summed E-state index contributed by atoms with van der Waals surface area (Å²) < 4.78 is 22.4. The molecule has 1 unspecified atom stereocenters. The van der Waals surface area contributed by atoms with E-state index in [2.05, 4.69) is 15.6 Å². The van der Waals surface area contributed by atoms with Crippen LogP contribution in [-0.4, -0.2) is 69.4 Å². The molecule has 128 valence electrons. The summed E-state index contributed by atoms with van der Waals surface area (Å²) in [4.78, 5) is 18.1. The number of sulfone groups is 1. The first kappa shape index (κ1) is 18.7. The highest BCUT2D eigenvalue weighted by Gasteiger charge is 2.17. The summed E-state index contributed by atoms with van der Waals surface area (Å²) in [5, 5.41) is 6.22. The van der Waals surface area contributed by atoms with E-state index in [0.29, 0.717) is 18.9 Å². The van der Waals surface area contributed by atoms with Crippen LogP contribution in [0.4, 0.5) is 0 Å². The Hall–Kier alpha value is -1.31. The predicted octanol–water partition coefficient (Wildman–Crippen LogP) is -0.0129. The smallest absolute Gasteiger partial charge is 0.244 e. The third-order valence-corrected chi connectivity index (χ3v) is 4.46. The second-order valence-electron chi connectivity index (χ2n) is 5.75. The number of nitrogens with one attached hydrogen (secondary N) is 2. The number of amides is 1. The van der Waals surface area contributed by atoms with Crippen molar-refractivity contribution in [3.63, 3.8) is 0 Å². The fourth-order valence-corrected chi connectivity index (χ4v) is 3.01. The van der Waals surface area contributed by atoms with Gasteiger partial charge >= 0.3 is 0 Å². The molecule has 0 aromatic heterocycles. The van der Waals surface area contributed by atoms with Crippen LogP contribution >= 0.6 is 0 Å². The van der Waals surface area contributed by atoms with Gasteiger partial charge in [-0.25, -0.2) is 13.4 Å². The van der Waals surface area contributed by atoms with E-state index in [1.165, 1.54) is 6.26 Å². The Morgan fingerprint density at radius 2 is 1.95 bits per heavy atom. The molecule has 1 heterocycles. The standard InChI is InChI=1S/C14H28N4O3S/c1-4-15-14(17-12(2)7-10-22(3,20)21)16-11-13(19)18-8-5-6-9-18/h12H,4-11H2,1-3H3,(H2,15,16,17). The first-order valence-electron chi connectivity index (χ1n) is 7.82. The Morgan fingerprint density at radius 3 is 2.50 bits per heavy atom. The summed E-state index contributed by atoms with van der Waals surface area (Å²) in [5.41, 5.74) is 0. The highest BCUT2D eigenvalue weighted by Crippen LogP contribution is 2.07. The number of guanidine groups is 1. The van der Waals surface area contributed by atoms with Gasteiger partial charge in [-0.1, -0.05) is 0 Å². The zero-order valence-electron chi connectivity index (χ0n) is 13.8. The minimum Gasteiger partial charge on any atom is -0.357 e. The monoisotopic (exact) mass is 332 g/mol. The van der Waals surface area contributed by atoms with Gasteiger partial charge in [0.25, 0.3) is 0 Å². The van der Waals surface area contributed by atoms with Crippen LogP contribution in [0.2, 0.25) is 0 Å². The second-order valence-corrected chi connectivity index (χ2v) is 8.01. The molecule has 22 heavy (non-hydrogen) atoms. The fraction of sp³-hybridized carbons (Fsp3) is 0.857. The first-order valence-corrected chi connectivity index (χ1v) is 9.88. The summed E-state index contributed by atoms with van der Waals surface area (Å²) in [7, 11) is -2.97. The average Bonchev–Trinajstić information content (AvgIpc) is 2.96. The highest BCUT2D eigenvalue weighted by molar-refractivity contribution is 7.90. The van der Waals surface area contributed by atoms with Gasteiger partial charge in [-0.2, -0.15) is 0 Å². The average molecular weight is 332 g/mol. The molecule has 0 saturated carbocycles. The van der Waals surface area contributed by atoms with Gasteiger partial charge in [0.15, 0.2) is 5.96 Å². The van der Waals surface area contributed by atoms with Gasteiger partial charge in [-0.3, -0.25) is 4.79 Å². The summed E-state index contributed by atoms with van der Waals surface area (Å²) in [6, 6.07) is -0.0330. The number of aliphatic imine (C=N–C) groups is 1. The maximum Gasteiger partial charge on any atom is 0.244 e. The molecule has 1 amide bonds. The van der Waals surface area contributed by atoms with E-state index in [4.69, 9.17) is 0 Å². The lowest BCUT2D eigenvalue weighted by Gasteiger charge is -2.18. The predicted molar refractivity (Wildman–Crippen MR) is 88.7 cm³/mol. The molecule has 0 aliphatic carbocycles. The van der Waals surface area contributed by atoms with Crippen LogP contribution < -0.4 is 10.6 Å². The van der Waals surface area contributed by atoms with Gasteiger partial charge < -0.3 is 15.5 Å². The molecule has 1 atom stereocenters. The molecule has 7 nitrogen and oxygen atoms in total. The van der Waals surface area contributed by atoms with Crippen LogP contribution in [0, 0.1) is 0 Å². The Bertz CT molecular complexity index is 484. The van der Waals surface area contributed by atoms with Gasteiger partial charge in [0, 0.05) is 31.9 Å². The topological polar surface area (TPSA) is 90.9 Å². The highest BCUT2D eigenvalue weighted by atomic mass is 32.2. The van der Waals surface area contributed by atoms with Crippen molar-refractivity contribution in [1.82, 2.24) is 15.5 Å². The van der Waals surface area contributed by atoms with Gasteiger partial charge in [0.2, 0.25) is 5.91 Å². The van der Waals surface area contributed by atoms with Gasteiger partial charge in [-0.15, -0.1) is 0 Å². The third-order valence-electron chi connectivity index (χ3n) is 3.48. The van der Waals surface area contributed by atoms with Crippen molar-refractivity contribution in [3.8, 4) is 0 Å². The van der Waals surface area contributed by atoms with Gasteiger partial charge in [0.1, 0.15) is 16.4 Å². The van der Waals surface area contributed by atoms with E-state index in [9.17, 15) is 13.2 Å².